The molecule has 0 aromatic heterocycles. The minimum absolute atomic E-state index is 0.0662. The minimum atomic E-state index is -3.44. The molecule has 1 unspecified atom stereocenters. The molecular weight excluding hydrogens is 238 g/mol. The Hall–Kier alpha value is -0.640. The highest BCUT2D eigenvalue weighted by atomic mass is 32.2. The second-order valence-corrected chi connectivity index (χ2v) is 7.63. The highest BCUT2D eigenvalue weighted by Crippen LogP contribution is 2.18. The maximum Gasteiger partial charge on any atom is 0.230 e. The topological polar surface area (TPSA) is 64.4 Å². The molecule has 1 saturated heterocycles. The van der Waals surface area contributed by atoms with Gasteiger partial charge in [0.15, 0.2) is 5.25 Å². The van der Waals surface area contributed by atoms with E-state index in [-0.39, 0.29) is 5.54 Å². The molecule has 0 amide bonds. The molecule has 0 N–H and O–H groups in total. The maximum atomic E-state index is 12.0. The summed E-state index contributed by atoms with van der Waals surface area (Å²) in [6.45, 7) is 10.2. The highest BCUT2D eigenvalue weighted by Gasteiger charge is 2.34. The lowest BCUT2D eigenvalue weighted by atomic mass is 10.1. The first-order chi connectivity index (χ1) is 7.69. The molecule has 0 radical (unpaired) electrons. The number of rotatable bonds is 2. The van der Waals surface area contributed by atoms with Gasteiger partial charge in [0.25, 0.3) is 0 Å². The largest absolute Gasteiger partial charge is 0.296 e. The summed E-state index contributed by atoms with van der Waals surface area (Å²) in [7, 11) is -3.44. The van der Waals surface area contributed by atoms with Crippen molar-refractivity contribution in [1.82, 2.24) is 9.21 Å². The normalized spacial score (nSPS) is 22.1. The van der Waals surface area contributed by atoms with Crippen LogP contribution in [0.25, 0.3) is 0 Å². The summed E-state index contributed by atoms with van der Waals surface area (Å²) in [5.41, 5.74) is 0.0662. The summed E-state index contributed by atoms with van der Waals surface area (Å²) < 4.78 is 25.3. The quantitative estimate of drug-likeness (QED) is 0.730. The number of hydrogen-bond donors (Lipinski definition) is 0. The molecule has 1 atom stereocenters. The molecule has 0 saturated carbocycles. The Morgan fingerprint density at radius 2 is 1.65 bits per heavy atom. The Morgan fingerprint density at radius 1 is 1.18 bits per heavy atom. The van der Waals surface area contributed by atoms with Gasteiger partial charge in [-0.05, 0) is 27.7 Å². The number of nitrogens with zero attached hydrogens (tertiary/aromatic N) is 3. The van der Waals surface area contributed by atoms with Gasteiger partial charge in [0.05, 0.1) is 6.07 Å². The predicted octanol–water partition coefficient (Wildman–Crippen LogP) is 0.644. The van der Waals surface area contributed by atoms with E-state index in [2.05, 4.69) is 25.7 Å². The lowest BCUT2D eigenvalue weighted by molar-refractivity contribution is 0.0920. The van der Waals surface area contributed by atoms with E-state index in [1.807, 2.05) is 0 Å². The lowest BCUT2D eigenvalue weighted by Gasteiger charge is -2.41. The number of sulfonamides is 1. The molecule has 0 bridgehead atoms. The summed E-state index contributed by atoms with van der Waals surface area (Å²) in [5.74, 6) is 0. The standard InChI is InChI=1S/C11H21N3O2S/c1-10(9-12)17(15,16)14-7-5-13(6-8-14)11(2,3)4/h10H,5-8H2,1-4H3. The molecule has 0 aromatic carbocycles. The van der Waals surface area contributed by atoms with E-state index in [9.17, 15) is 8.42 Å². The van der Waals surface area contributed by atoms with Gasteiger partial charge in [0, 0.05) is 31.7 Å². The summed E-state index contributed by atoms with van der Waals surface area (Å²) in [4.78, 5) is 2.26. The first-order valence-electron chi connectivity index (χ1n) is 5.83. The third-order valence-corrected chi connectivity index (χ3v) is 5.26. The van der Waals surface area contributed by atoms with Gasteiger partial charge in [-0.15, -0.1) is 0 Å². The van der Waals surface area contributed by atoms with Crippen LogP contribution in [0.15, 0.2) is 0 Å². The van der Waals surface area contributed by atoms with E-state index in [4.69, 9.17) is 5.26 Å². The van der Waals surface area contributed by atoms with Gasteiger partial charge in [-0.2, -0.15) is 9.57 Å². The van der Waals surface area contributed by atoms with E-state index in [1.54, 1.807) is 6.07 Å². The van der Waals surface area contributed by atoms with Crippen molar-refractivity contribution in [2.45, 2.75) is 38.5 Å². The van der Waals surface area contributed by atoms with Crippen LogP contribution < -0.4 is 0 Å². The van der Waals surface area contributed by atoms with Gasteiger partial charge in [-0.1, -0.05) is 0 Å². The Morgan fingerprint density at radius 3 is 2.00 bits per heavy atom. The molecule has 1 rings (SSSR count). The van der Waals surface area contributed by atoms with E-state index < -0.39 is 15.3 Å². The molecule has 1 fully saturated rings. The molecule has 17 heavy (non-hydrogen) atoms. The van der Waals surface area contributed by atoms with Gasteiger partial charge >= 0.3 is 0 Å². The summed E-state index contributed by atoms with van der Waals surface area (Å²) in [6, 6.07) is 1.80. The molecule has 5 nitrogen and oxygen atoms in total. The van der Waals surface area contributed by atoms with Gasteiger partial charge in [0.2, 0.25) is 10.0 Å². The van der Waals surface area contributed by atoms with Crippen molar-refractivity contribution in [2.75, 3.05) is 26.2 Å². The zero-order valence-electron chi connectivity index (χ0n) is 11.0. The van der Waals surface area contributed by atoms with Gasteiger partial charge in [-0.3, -0.25) is 4.90 Å². The number of nitriles is 1. The van der Waals surface area contributed by atoms with Gasteiger partial charge in [0.1, 0.15) is 0 Å². The molecule has 1 aliphatic heterocycles. The van der Waals surface area contributed by atoms with Crippen molar-refractivity contribution in [3.63, 3.8) is 0 Å². The molecule has 1 aliphatic rings. The molecule has 0 aromatic rings. The Bertz CT molecular complexity index is 397. The lowest BCUT2D eigenvalue weighted by Crippen LogP contribution is -2.55. The minimum Gasteiger partial charge on any atom is -0.296 e. The van der Waals surface area contributed by atoms with Crippen molar-refractivity contribution in [3.8, 4) is 6.07 Å². The Labute approximate surface area is 104 Å². The SMILES string of the molecule is CC(C#N)S(=O)(=O)N1CCN(C(C)(C)C)CC1. The van der Waals surface area contributed by atoms with Crippen LogP contribution in [-0.4, -0.2) is 54.6 Å². The first-order valence-corrected chi connectivity index (χ1v) is 7.33. The Kier molecular flexibility index (Phi) is 4.18. The second kappa shape index (κ2) is 4.92. The van der Waals surface area contributed by atoms with Crippen LogP contribution in [-0.2, 0) is 10.0 Å². The predicted molar refractivity (Wildman–Crippen MR) is 66.9 cm³/mol. The summed E-state index contributed by atoms with van der Waals surface area (Å²) in [6.07, 6.45) is 0. The van der Waals surface area contributed by atoms with Crippen molar-refractivity contribution in [1.29, 1.82) is 5.26 Å². The average Bonchev–Trinajstić information content (AvgIpc) is 2.27. The zero-order chi connectivity index (χ0) is 13.3. The van der Waals surface area contributed by atoms with Crippen LogP contribution >= 0.6 is 0 Å². The van der Waals surface area contributed by atoms with Crippen molar-refractivity contribution in [3.05, 3.63) is 0 Å². The third-order valence-electron chi connectivity index (χ3n) is 3.18. The van der Waals surface area contributed by atoms with Crippen molar-refractivity contribution in [2.24, 2.45) is 0 Å². The monoisotopic (exact) mass is 259 g/mol. The molecule has 98 valence electrons. The van der Waals surface area contributed by atoms with E-state index in [0.717, 1.165) is 13.1 Å². The van der Waals surface area contributed by atoms with Crippen LogP contribution in [0, 0.1) is 11.3 Å². The molecule has 0 spiro atoms. The van der Waals surface area contributed by atoms with Crippen LogP contribution in [0.3, 0.4) is 0 Å². The van der Waals surface area contributed by atoms with Gasteiger partial charge < -0.3 is 0 Å². The third kappa shape index (κ3) is 3.18. The summed E-state index contributed by atoms with van der Waals surface area (Å²) in [5, 5.41) is 7.76. The van der Waals surface area contributed by atoms with Crippen LogP contribution in [0.1, 0.15) is 27.7 Å². The van der Waals surface area contributed by atoms with Crippen molar-refractivity contribution >= 4 is 10.0 Å². The van der Waals surface area contributed by atoms with Gasteiger partial charge in [-0.25, -0.2) is 8.42 Å². The molecule has 0 aliphatic carbocycles. The van der Waals surface area contributed by atoms with E-state index in [0.29, 0.717) is 13.1 Å². The molecular formula is C11H21N3O2S. The van der Waals surface area contributed by atoms with Crippen LogP contribution in [0.5, 0.6) is 0 Å². The van der Waals surface area contributed by atoms with E-state index >= 15 is 0 Å². The fraction of sp³-hybridized carbons (Fsp3) is 0.909. The fourth-order valence-electron chi connectivity index (χ4n) is 1.90. The fourth-order valence-corrected chi connectivity index (χ4v) is 3.16. The summed E-state index contributed by atoms with van der Waals surface area (Å²) >= 11 is 0. The Balaban J connectivity index is 2.68. The number of piperazine rings is 1. The van der Waals surface area contributed by atoms with Crippen LogP contribution in [0.2, 0.25) is 0 Å². The average molecular weight is 259 g/mol. The first kappa shape index (κ1) is 14.4. The van der Waals surface area contributed by atoms with E-state index in [1.165, 1.54) is 11.2 Å². The zero-order valence-corrected chi connectivity index (χ0v) is 11.8. The maximum absolute atomic E-state index is 12.0. The smallest absolute Gasteiger partial charge is 0.230 e. The molecule has 6 heteroatoms. The van der Waals surface area contributed by atoms with Crippen molar-refractivity contribution < 1.29 is 8.42 Å². The highest BCUT2D eigenvalue weighted by molar-refractivity contribution is 7.89. The number of hydrogen-bond acceptors (Lipinski definition) is 4. The second-order valence-electron chi connectivity index (χ2n) is 5.37. The molecule has 1 heterocycles. The van der Waals surface area contributed by atoms with Crippen LogP contribution in [0.4, 0.5) is 0 Å².